The van der Waals surface area contributed by atoms with Crippen LogP contribution in [0, 0.1) is 5.92 Å². The Morgan fingerprint density at radius 3 is 2.74 bits per heavy atom. The summed E-state index contributed by atoms with van der Waals surface area (Å²) < 4.78 is 1.93. The van der Waals surface area contributed by atoms with Crippen LogP contribution >= 0.6 is 11.3 Å². The van der Waals surface area contributed by atoms with Gasteiger partial charge >= 0.3 is 0 Å². The molecule has 120 valence electrons. The first-order valence-electron chi connectivity index (χ1n) is 7.77. The second-order valence-electron chi connectivity index (χ2n) is 5.68. The fraction of sp³-hybridized carbons (Fsp3) is 0.278. The minimum Gasteiger partial charge on any atom is -0.396 e. The van der Waals surface area contributed by atoms with Gasteiger partial charge in [-0.25, -0.2) is 4.68 Å². The van der Waals surface area contributed by atoms with Gasteiger partial charge in [0, 0.05) is 31.5 Å². The van der Waals surface area contributed by atoms with Gasteiger partial charge in [-0.2, -0.15) is 5.10 Å². The fourth-order valence-corrected chi connectivity index (χ4v) is 3.13. The molecule has 3 aromatic rings. The molecule has 0 saturated heterocycles. The lowest BCUT2D eigenvalue weighted by Crippen LogP contribution is -2.22. The van der Waals surface area contributed by atoms with Crippen molar-refractivity contribution >= 4 is 11.3 Å². The minimum absolute atomic E-state index is 0.202. The molecule has 5 heteroatoms. The first-order chi connectivity index (χ1) is 11.3. The van der Waals surface area contributed by atoms with Gasteiger partial charge in [-0.05, 0) is 29.5 Å². The molecule has 0 bridgehead atoms. The van der Waals surface area contributed by atoms with E-state index in [1.54, 1.807) is 11.3 Å². The number of hydrogen-bond donors (Lipinski definition) is 2. The third-order valence-corrected chi connectivity index (χ3v) is 4.56. The largest absolute Gasteiger partial charge is 0.396 e. The Kier molecular flexibility index (Phi) is 5.23. The van der Waals surface area contributed by atoms with Crippen LogP contribution in [0.2, 0.25) is 0 Å². The summed E-state index contributed by atoms with van der Waals surface area (Å²) in [6.07, 6.45) is 2.08. The minimum atomic E-state index is 0.202. The Hall–Kier alpha value is -1.95. The maximum Gasteiger partial charge on any atom is 0.107 e. The predicted octanol–water partition coefficient (Wildman–Crippen LogP) is 3.32. The number of nitrogens with one attached hydrogen (secondary N) is 1. The summed E-state index contributed by atoms with van der Waals surface area (Å²) in [6.45, 7) is 3.76. The quantitative estimate of drug-likeness (QED) is 0.700. The molecule has 0 aliphatic heterocycles. The Morgan fingerprint density at radius 2 is 2.04 bits per heavy atom. The third kappa shape index (κ3) is 3.88. The molecule has 0 aliphatic rings. The van der Waals surface area contributed by atoms with Crippen molar-refractivity contribution in [2.24, 2.45) is 5.92 Å². The van der Waals surface area contributed by atoms with Crippen LogP contribution < -0.4 is 5.32 Å². The van der Waals surface area contributed by atoms with Crippen molar-refractivity contribution in [3.8, 4) is 16.3 Å². The molecule has 1 aromatic carbocycles. The average molecular weight is 327 g/mol. The SMILES string of the molecule is CC(CO)CNCc1cn(-c2ccccc2)nc1-c1cccs1. The van der Waals surface area contributed by atoms with Crippen LogP contribution in [0.15, 0.2) is 54.0 Å². The highest BCUT2D eigenvalue weighted by atomic mass is 32.1. The van der Waals surface area contributed by atoms with Crippen LogP contribution in [-0.4, -0.2) is 28.0 Å². The highest BCUT2D eigenvalue weighted by Gasteiger charge is 2.13. The average Bonchev–Trinajstić information content (AvgIpc) is 3.25. The lowest BCUT2D eigenvalue weighted by molar-refractivity contribution is 0.233. The van der Waals surface area contributed by atoms with Gasteiger partial charge in [0.2, 0.25) is 0 Å². The van der Waals surface area contributed by atoms with Crippen LogP contribution in [0.5, 0.6) is 0 Å². The van der Waals surface area contributed by atoms with Gasteiger partial charge in [0.25, 0.3) is 0 Å². The van der Waals surface area contributed by atoms with Crippen molar-refractivity contribution in [3.05, 3.63) is 59.6 Å². The normalized spacial score (nSPS) is 12.4. The Balaban J connectivity index is 1.86. The molecule has 1 unspecified atom stereocenters. The van der Waals surface area contributed by atoms with E-state index in [2.05, 4.69) is 35.1 Å². The van der Waals surface area contributed by atoms with E-state index in [0.29, 0.717) is 0 Å². The van der Waals surface area contributed by atoms with Crippen LogP contribution in [0.4, 0.5) is 0 Å². The molecular weight excluding hydrogens is 306 g/mol. The molecule has 23 heavy (non-hydrogen) atoms. The summed E-state index contributed by atoms with van der Waals surface area (Å²) in [5.41, 5.74) is 3.25. The van der Waals surface area contributed by atoms with Crippen molar-refractivity contribution in [2.45, 2.75) is 13.5 Å². The van der Waals surface area contributed by atoms with Crippen LogP contribution in [0.1, 0.15) is 12.5 Å². The number of para-hydroxylation sites is 1. The van der Waals surface area contributed by atoms with Crippen molar-refractivity contribution in [1.29, 1.82) is 0 Å². The monoisotopic (exact) mass is 327 g/mol. The lowest BCUT2D eigenvalue weighted by atomic mass is 10.2. The number of thiophene rings is 1. The van der Waals surface area contributed by atoms with Gasteiger partial charge in [-0.3, -0.25) is 0 Å². The van der Waals surface area contributed by atoms with Crippen LogP contribution in [0.25, 0.3) is 16.3 Å². The molecule has 2 aromatic heterocycles. The van der Waals surface area contributed by atoms with Gasteiger partial charge < -0.3 is 10.4 Å². The van der Waals surface area contributed by atoms with E-state index >= 15 is 0 Å². The first kappa shape index (κ1) is 15.9. The number of hydrogen-bond acceptors (Lipinski definition) is 4. The molecule has 0 saturated carbocycles. The van der Waals surface area contributed by atoms with Gasteiger partial charge in [0.1, 0.15) is 5.69 Å². The molecular formula is C18H21N3OS. The summed E-state index contributed by atoms with van der Waals surface area (Å²) in [5, 5.41) is 19.4. The molecule has 2 N–H and O–H groups in total. The van der Waals surface area contributed by atoms with Gasteiger partial charge in [-0.15, -0.1) is 11.3 Å². The number of benzene rings is 1. The van der Waals surface area contributed by atoms with Gasteiger partial charge in [0.15, 0.2) is 0 Å². The fourth-order valence-electron chi connectivity index (χ4n) is 2.39. The van der Waals surface area contributed by atoms with Crippen molar-refractivity contribution < 1.29 is 5.11 Å². The van der Waals surface area contributed by atoms with E-state index in [4.69, 9.17) is 10.2 Å². The van der Waals surface area contributed by atoms with Crippen molar-refractivity contribution in [3.63, 3.8) is 0 Å². The Morgan fingerprint density at radius 1 is 1.22 bits per heavy atom. The molecule has 2 heterocycles. The number of aliphatic hydroxyl groups excluding tert-OH is 1. The predicted molar refractivity (Wildman–Crippen MR) is 94.8 cm³/mol. The summed E-state index contributed by atoms with van der Waals surface area (Å²) in [6, 6.07) is 14.3. The summed E-state index contributed by atoms with van der Waals surface area (Å²) in [7, 11) is 0. The zero-order chi connectivity index (χ0) is 16.1. The first-order valence-corrected chi connectivity index (χ1v) is 8.65. The van der Waals surface area contributed by atoms with Gasteiger partial charge in [0.05, 0.1) is 10.6 Å². The van der Waals surface area contributed by atoms with E-state index in [-0.39, 0.29) is 12.5 Å². The van der Waals surface area contributed by atoms with Gasteiger partial charge in [-0.1, -0.05) is 31.2 Å². The topological polar surface area (TPSA) is 50.1 Å². The Bertz CT molecular complexity index is 722. The lowest BCUT2D eigenvalue weighted by Gasteiger charge is -2.09. The molecule has 0 amide bonds. The van der Waals surface area contributed by atoms with E-state index in [9.17, 15) is 0 Å². The standard InChI is InChI=1S/C18H21N3OS/c1-14(13-22)10-19-11-15-12-21(16-6-3-2-4-7-16)20-18(15)17-8-5-9-23-17/h2-9,12,14,19,22H,10-11,13H2,1H3. The van der Waals surface area contributed by atoms with E-state index < -0.39 is 0 Å². The molecule has 3 rings (SSSR count). The zero-order valence-corrected chi connectivity index (χ0v) is 14.0. The van der Waals surface area contributed by atoms with Crippen molar-refractivity contribution in [2.75, 3.05) is 13.2 Å². The zero-order valence-electron chi connectivity index (χ0n) is 13.1. The Labute approximate surface area is 140 Å². The summed E-state index contributed by atoms with van der Waals surface area (Å²) in [4.78, 5) is 1.17. The smallest absolute Gasteiger partial charge is 0.107 e. The third-order valence-electron chi connectivity index (χ3n) is 3.69. The second kappa shape index (κ2) is 7.55. The molecule has 0 fully saturated rings. The maximum absolute atomic E-state index is 9.13. The molecule has 0 spiro atoms. The molecule has 0 radical (unpaired) electrons. The van der Waals surface area contributed by atoms with E-state index in [1.165, 1.54) is 10.4 Å². The summed E-state index contributed by atoms with van der Waals surface area (Å²) >= 11 is 1.70. The molecule has 0 aliphatic carbocycles. The van der Waals surface area contributed by atoms with Crippen LogP contribution in [0.3, 0.4) is 0 Å². The van der Waals surface area contributed by atoms with E-state index in [0.717, 1.165) is 24.5 Å². The summed E-state index contributed by atoms with van der Waals surface area (Å²) in [5.74, 6) is 0.254. The number of aliphatic hydroxyl groups is 1. The van der Waals surface area contributed by atoms with Crippen molar-refractivity contribution in [1.82, 2.24) is 15.1 Å². The highest BCUT2D eigenvalue weighted by Crippen LogP contribution is 2.27. The highest BCUT2D eigenvalue weighted by molar-refractivity contribution is 7.13. The second-order valence-corrected chi connectivity index (χ2v) is 6.63. The molecule has 1 atom stereocenters. The number of aromatic nitrogens is 2. The number of rotatable bonds is 7. The van der Waals surface area contributed by atoms with Crippen LogP contribution in [-0.2, 0) is 6.54 Å². The molecule has 4 nitrogen and oxygen atoms in total. The van der Waals surface area contributed by atoms with E-state index in [1.807, 2.05) is 35.9 Å². The maximum atomic E-state index is 9.13. The number of nitrogens with zero attached hydrogens (tertiary/aromatic N) is 2.